The Kier molecular flexibility index (Phi) is 8.72. The molecule has 11 heteroatoms. The van der Waals surface area contributed by atoms with Crippen LogP contribution in [0.1, 0.15) is 5.56 Å². The molecule has 3 aromatic rings. The first-order valence-electron chi connectivity index (χ1n) is 10.3. The molecule has 0 radical (unpaired) electrons. The zero-order valence-corrected chi connectivity index (χ0v) is 21.7. The van der Waals surface area contributed by atoms with Gasteiger partial charge in [-0.05, 0) is 70.0 Å². The van der Waals surface area contributed by atoms with Crippen molar-refractivity contribution in [1.82, 2.24) is 5.43 Å². The summed E-state index contributed by atoms with van der Waals surface area (Å²) in [5.74, 6) is 0.932. The molecule has 0 atom stereocenters. The van der Waals surface area contributed by atoms with Gasteiger partial charge in [0, 0.05) is 0 Å². The quantitative estimate of drug-likeness (QED) is 0.298. The summed E-state index contributed by atoms with van der Waals surface area (Å²) in [5, 5.41) is 3.96. The number of ether oxygens (including phenoxy) is 3. The smallest absolute Gasteiger partial charge is 0.264 e. The second-order valence-corrected chi connectivity index (χ2v) is 9.77. The monoisotopic (exact) mass is 561 g/mol. The number of nitrogens with zero attached hydrogens (tertiary/aromatic N) is 2. The van der Waals surface area contributed by atoms with E-state index >= 15 is 0 Å². The fourth-order valence-electron chi connectivity index (χ4n) is 3.14. The maximum Gasteiger partial charge on any atom is 0.264 e. The Hall–Kier alpha value is -3.57. The molecule has 0 bridgehead atoms. The van der Waals surface area contributed by atoms with Crippen molar-refractivity contribution >= 4 is 43.8 Å². The molecule has 0 heterocycles. The lowest BCUT2D eigenvalue weighted by molar-refractivity contribution is -0.119. The summed E-state index contributed by atoms with van der Waals surface area (Å²) < 4.78 is 44.0. The van der Waals surface area contributed by atoms with Crippen LogP contribution < -0.4 is 23.9 Å². The number of rotatable bonds is 10. The number of carbonyl (C=O) groups is 1. The number of nitrogens with one attached hydrogen (secondary N) is 1. The molecule has 1 amide bonds. The SMILES string of the molecule is COc1ccc(N(CC(=O)N/N=C\c2cc(Br)c(OC)c(OC)c2)S(=O)(=O)c2ccccc2)cc1. The third-order valence-electron chi connectivity index (χ3n) is 4.84. The summed E-state index contributed by atoms with van der Waals surface area (Å²) in [6.07, 6.45) is 1.41. The van der Waals surface area contributed by atoms with E-state index in [4.69, 9.17) is 14.2 Å². The van der Waals surface area contributed by atoms with Crippen molar-refractivity contribution in [3.8, 4) is 17.2 Å². The van der Waals surface area contributed by atoms with E-state index in [1.807, 2.05) is 0 Å². The van der Waals surface area contributed by atoms with E-state index in [2.05, 4.69) is 26.5 Å². The van der Waals surface area contributed by atoms with Gasteiger partial charge in [0.2, 0.25) is 0 Å². The number of hydrogen-bond donors (Lipinski definition) is 1. The van der Waals surface area contributed by atoms with Crippen LogP contribution in [0, 0.1) is 0 Å². The molecule has 0 unspecified atom stereocenters. The molecule has 3 rings (SSSR count). The van der Waals surface area contributed by atoms with Gasteiger partial charge in [-0.15, -0.1) is 0 Å². The molecular formula is C24H24BrN3O6S. The number of amides is 1. The van der Waals surface area contributed by atoms with Gasteiger partial charge in [-0.2, -0.15) is 5.10 Å². The molecule has 9 nitrogen and oxygen atoms in total. The van der Waals surface area contributed by atoms with Crippen molar-refractivity contribution in [2.45, 2.75) is 4.90 Å². The zero-order valence-electron chi connectivity index (χ0n) is 19.3. The molecule has 35 heavy (non-hydrogen) atoms. The summed E-state index contributed by atoms with van der Waals surface area (Å²) in [6, 6.07) is 17.7. The van der Waals surface area contributed by atoms with Gasteiger partial charge in [0.25, 0.3) is 15.9 Å². The Morgan fingerprint density at radius 2 is 1.69 bits per heavy atom. The Balaban J connectivity index is 1.82. The molecule has 0 saturated carbocycles. The van der Waals surface area contributed by atoms with Gasteiger partial charge in [-0.25, -0.2) is 13.8 Å². The summed E-state index contributed by atoms with van der Waals surface area (Å²) in [4.78, 5) is 12.8. The highest BCUT2D eigenvalue weighted by atomic mass is 79.9. The molecule has 0 aromatic heterocycles. The predicted molar refractivity (Wildman–Crippen MR) is 137 cm³/mol. The Morgan fingerprint density at radius 1 is 1.00 bits per heavy atom. The highest BCUT2D eigenvalue weighted by Gasteiger charge is 2.27. The summed E-state index contributed by atoms with van der Waals surface area (Å²) in [7, 11) is 0.515. The lowest BCUT2D eigenvalue weighted by Gasteiger charge is -2.23. The van der Waals surface area contributed by atoms with Crippen LogP contribution in [0.4, 0.5) is 5.69 Å². The first-order chi connectivity index (χ1) is 16.8. The maximum absolute atomic E-state index is 13.3. The van der Waals surface area contributed by atoms with Crippen LogP contribution in [0.2, 0.25) is 0 Å². The Morgan fingerprint density at radius 3 is 2.29 bits per heavy atom. The van der Waals surface area contributed by atoms with Gasteiger partial charge in [0.1, 0.15) is 12.3 Å². The number of benzene rings is 3. The molecule has 0 saturated heterocycles. The first kappa shape index (κ1) is 26.0. The normalized spacial score (nSPS) is 11.2. The minimum Gasteiger partial charge on any atom is -0.497 e. The van der Waals surface area contributed by atoms with E-state index < -0.39 is 22.5 Å². The standard InChI is InChI=1S/C24H24BrN3O6S/c1-32-19-11-9-18(10-12-19)28(35(30,31)20-7-5-4-6-8-20)16-23(29)27-26-15-17-13-21(25)24(34-3)22(14-17)33-2/h4-15H,16H2,1-3H3,(H,27,29)/b26-15-. The fraction of sp³-hybridized carbons (Fsp3) is 0.167. The Bertz CT molecular complexity index is 1300. The van der Waals surface area contributed by atoms with Gasteiger partial charge in [-0.3, -0.25) is 9.10 Å². The van der Waals surface area contributed by atoms with Crippen molar-refractivity contribution in [3.63, 3.8) is 0 Å². The van der Waals surface area contributed by atoms with Gasteiger partial charge in [-0.1, -0.05) is 18.2 Å². The molecular weight excluding hydrogens is 538 g/mol. The van der Waals surface area contributed by atoms with Crippen LogP contribution in [-0.4, -0.2) is 48.4 Å². The molecule has 0 aliphatic carbocycles. The van der Waals surface area contributed by atoms with Crippen LogP contribution in [0.25, 0.3) is 0 Å². The van der Waals surface area contributed by atoms with Crippen molar-refractivity contribution < 1.29 is 27.4 Å². The molecule has 0 spiro atoms. The van der Waals surface area contributed by atoms with Crippen molar-refractivity contribution in [1.29, 1.82) is 0 Å². The van der Waals surface area contributed by atoms with Crippen LogP contribution in [0.15, 0.2) is 81.2 Å². The van der Waals surface area contributed by atoms with E-state index in [1.54, 1.807) is 54.6 Å². The lowest BCUT2D eigenvalue weighted by Crippen LogP contribution is -2.39. The largest absolute Gasteiger partial charge is 0.497 e. The molecule has 0 fully saturated rings. The average Bonchev–Trinajstić information content (AvgIpc) is 2.87. The maximum atomic E-state index is 13.3. The molecule has 184 valence electrons. The molecule has 0 aliphatic heterocycles. The fourth-order valence-corrected chi connectivity index (χ4v) is 5.20. The topological polar surface area (TPSA) is 107 Å². The van der Waals surface area contributed by atoms with Gasteiger partial charge < -0.3 is 14.2 Å². The second kappa shape index (κ2) is 11.7. The molecule has 3 aromatic carbocycles. The number of anilines is 1. The summed E-state index contributed by atoms with van der Waals surface area (Å²) in [5.41, 5.74) is 3.30. The first-order valence-corrected chi connectivity index (χ1v) is 12.5. The zero-order chi connectivity index (χ0) is 25.4. The number of hydrazone groups is 1. The predicted octanol–water partition coefficient (Wildman–Crippen LogP) is 3.82. The van der Waals surface area contributed by atoms with Crippen LogP contribution in [0.5, 0.6) is 17.2 Å². The number of sulfonamides is 1. The minimum atomic E-state index is -4.03. The van der Waals surface area contributed by atoms with Gasteiger partial charge in [0.05, 0.1) is 42.6 Å². The van der Waals surface area contributed by atoms with Gasteiger partial charge >= 0.3 is 0 Å². The lowest BCUT2D eigenvalue weighted by atomic mass is 10.2. The van der Waals surface area contributed by atoms with Crippen LogP contribution in [-0.2, 0) is 14.8 Å². The minimum absolute atomic E-state index is 0.0577. The van der Waals surface area contributed by atoms with Crippen LogP contribution >= 0.6 is 15.9 Å². The second-order valence-electron chi connectivity index (χ2n) is 7.05. The number of halogens is 1. The van der Waals surface area contributed by atoms with E-state index in [-0.39, 0.29) is 4.90 Å². The highest BCUT2D eigenvalue weighted by molar-refractivity contribution is 9.10. The summed E-state index contributed by atoms with van der Waals surface area (Å²) in [6.45, 7) is -0.490. The molecule has 1 N–H and O–H groups in total. The van der Waals surface area contributed by atoms with Crippen molar-refractivity contribution in [2.75, 3.05) is 32.2 Å². The van der Waals surface area contributed by atoms with E-state index in [0.717, 1.165) is 4.31 Å². The highest BCUT2D eigenvalue weighted by Crippen LogP contribution is 2.35. The van der Waals surface area contributed by atoms with Gasteiger partial charge in [0.15, 0.2) is 11.5 Å². The summed E-state index contributed by atoms with van der Waals surface area (Å²) >= 11 is 3.40. The van der Waals surface area contributed by atoms with Crippen LogP contribution in [0.3, 0.4) is 0 Å². The van der Waals surface area contributed by atoms with E-state index in [1.165, 1.54) is 39.7 Å². The third-order valence-corrected chi connectivity index (χ3v) is 7.21. The van der Waals surface area contributed by atoms with Crippen molar-refractivity contribution in [2.24, 2.45) is 5.10 Å². The average molecular weight is 562 g/mol. The Labute approximate surface area is 212 Å². The third kappa shape index (κ3) is 6.31. The number of methoxy groups -OCH3 is 3. The number of hydrogen-bond acceptors (Lipinski definition) is 7. The number of carbonyl (C=O) groups excluding carboxylic acids is 1. The van der Waals surface area contributed by atoms with Crippen molar-refractivity contribution in [3.05, 3.63) is 76.8 Å². The van der Waals surface area contributed by atoms with E-state index in [9.17, 15) is 13.2 Å². The van der Waals surface area contributed by atoms with E-state index in [0.29, 0.717) is 33.0 Å². The molecule has 0 aliphatic rings.